The summed E-state index contributed by atoms with van der Waals surface area (Å²) < 4.78 is 12.3. The van der Waals surface area contributed by atoms with Crippen molar-refractivity contribution in [1.29, 1.82) is 0 Å². The van der Waals surface area contributed by atoms with Crippen molar-refractivity contribution in [2.24, 2.45) is 0 Å². The number of rotatable bonds is 3. The van der Waals surface area contributed by atoms with Crippen molar-refractivity contribution in [3.05, 3.63) is 62.9 Å². The maximum Gasteiger partial charge on any atom is 0.255 e. The smallest absolute Gasteiger partial charge is 0.255 e. The summed E-state index contributed by atoms with van der Waals surface area (Å²) in [4.78, 5) is 17.5. The normalized spacial score (nSPS) is 18.3. The number of nitrogens with one attached hydrogen (secondary N) is 1. The topological polar surface area (TPSA) is 71.0 Å². The molecule has 2 N–H and O–H groups in total. The number of carbonyl (C=O) groups is 1. The Labute approximate surface area is 233 Å². The molecule has 202 valence electrons. The number of aryl methyl sites for hydroxylation is 1. The molecule has 1 amide bonds. The number of thiophene rings is 1. The van der Waals surface area contributed by atoms with Crippen molar-refractivity contribution in [3.63, 3.8) is 0 Å². The molecule has 6 nitrogen and oxygen atoms in total. The maximum atomic E-state index is 13.6. The molecule has 1 aromatic heterocycles. The van der Waals surface area contributed by atoms with Crippen molar-refractivity contribution in [2.45, 2.75) is 52.5 Å². The van der Waals surface area contributed by atoms with E-state index >= 15 is 0 Å². The van der Waals surface area contributed by atoms with Gasteiger partial charge in [-0.05, 0) is 82.9 Å². The van der Waals surface area contributed by atoms with Gasteiger partial charge in [0.2, 0.25) is 0 Å². The first kappa shape index (κ1) is 25.6. The maximum absolute atomic E-state index is 13.6. The van der Waals surface area contributed by atoms with Gasteiger partial charge in [0.05, 0.1) is 23.8 Å². The van der Waals surface area contributed by atoms with E-state index in [-0.39, 0.29) is 17.2 Å². The van der Waals surface area contributed by atoms with Gasteiger partial charge in [0.25, 0.3) is 5.91 Å². The number of anilines is 1. The largest absolute Gasteiger partial charge is 0.504 e. The van der Waals surface area contributed by atoms with E-state index in [9.17, 15) is 9.90 Å². The molecule has 0 saturated carbocycles. The summed E-state index contributed by atoms with van der Waals surface area (Å²) in [5.41, 5.74) is 6.28. The number of amides is 1. The number of phenols is 1. The fourth-order valence-electron chi connectivity index (χ4n) is 6.14. The number of piperidine rings is 1. The lowest BCUT2D eigenvalue weighted by Gasteiger charge is -2.35. The molecule has 39 heavy (non-hydrogen) atoms. The van der Waals surface area contributed by atoms with E-state index < -0.39 is 0 Å². The zero-order chi connectivity index (χ0) is 27.5. The Morgan fingerprint density at radius 3 is 2.62 bits per heavy atom. The highest BCUT2D eigenvalue weighted by Gasteiger charge is 2.34. The number of nitrogens with zero attached hydrogens (tertiary/aromatic N) is 1. The van der Waals surface area contributed by atoms with Crippen LogP contribution in [0.25, 0.3) is 28.5 Å². The monoisotopic (exact) mass is 542 g/mol. The van der Waals surface area contributed by atoms with Crippen LogP contribution < -0.4 is 14.8 Å². The molecule has 0 atom stereocenters. The van der Waals surface area contributed by atoms with E-state index in [0.717, 1.165) is 74.8 Å². The van der Waals surface area contributed by atoms with Crippen LogP contribution in [0.5, 0.6) is 17.2 Å². The minimum Gasteiger partial charge on any atom is -0.504 e. The van der Waals surface area contributed by atoms with Crippen LogP contribution >= 0.6 is 11.3 Å². The van der Waals surface area contributed by atoms with Crippen LogP contribution in [0.3, 0.4) is 0 Å². The lowest BCUT2D eigenvalue weighted by Crippen LogP contribution is -2.35. The highest BCUT2D eigenvalue weighted by atomic mass is 32.1. The average molecular weight is 543 g/mol. The molecule has 6 rings (SSSR count). The molecular weight excluding hydrogens is 508 g/mol. The predicted molar refractivity (Wildman–Crippen MR) is 159 cm³/mol. The number of allylic oxidation sites excluding steroid dienone is 1. The van der Waals surface area contributed by atoms with E-state index in [1.165, 1.54) is 6.42 Å². The van der Waals surface area contributed by atoms with Crippen LogP contribution in [0, 0.1) is 6.92 Å². The predicted octanol–water partition coefficient (Wildman–Crippen LogP) is 7.56. The third-order valence-electron chi connectivity index (χ3n) is 7.69. The molecule has 0 unspecified atom stereocenters. The molecule has 3 aliphatic heterocycles. The van der Waals surface area contributed by atoms with Crippen molar-refractivity contribution in [2.75, 3.05) is 25.5 Å². The summed E-state index contributed by atoms with van der Waals surface area (Å²) in [7, 11) is 1.56. The first-order valence-corrected chi connectivity index (χ1v) is 14.3. The second-order valence-electron chi connectivity index (χ2n) is 11.2. The first-order valence-electron chi connectivity index (χ1n) is 13.5. The zero-order valence-corrected chi connectivity index (χ0v) is 23.9. The van der Waals surface area contributed by atoms with E-state index in [1.54, 1.807) is 30.6 Å². The second-order valence-corrected chi connectivity index (χ2v) is 12.5. The molecule has 0 spiro atoms. The molecule has 3 aromatic rings. The Morgan fingerprint density at radius 1 is 1.10 bits per heavy atom. The quantitative estimate of drug-likeness (QED) is 0.357. The van der Waals surface area contributed by atoms with Crippen LogP contribution in [-0.4, -0.2) is 41.7 Å². The van der Waals surface area contributed by atoms with Crippen LogP contribution in [-0.2, 0) is 0 Å². The highest BCUT2D eigenvalue weighted by molar-refractivity contribution is 7.13. The van der Waals surface area contributed by atoms with Crippen molar-refractivity contribution in [1.82, 2.24) is 4.90 Å². The van der Waals surface area contributed by atoms with Crippen molar-refractivity contribution >= 4 is 40.3 Å². The molecule has 2 aromatic carbocycles. The van der Waals surface area contributed by atoms with Crippen molar-refractivity contribution in [3.8, 4) is 28.4 Å². The second kappa shape index (κ2) is 9.49. The van der Waals surface area contributed by atoms with Crippen LogP contribution in [0.2, 0.25) is 0 Å². The van der Waals surface area contributed by atoms with Gasteiger partial charge in [0.1, 0.15) is 11.5 Å². The lowest BCUT2D eigenvalue weighted by atomic mass is 9.83. The lowest BCUT2D eigenvalue weighted by molar-refractivity contribution is 0.0724. The third kappa shape index (κ3) is 4.39. The minimum absolute atomic E-state index is 0.0609. The van der Waals surface area contributed by atoms with Crippen LogP contribution in [0.1, 0.15) is 71.3 Å². The third-order valence-corrected chi connectivity index (χ3v) is 8.69. The molecule has 1 saturated heterocycles. The molecule has 0 aliphatic carbocycles. The molecule has 1 fully saturated rings. The summed E-state index contributed by atoms with van der Waals surface area (Å²) in [5, 5.41) is 14.3. The summed E-state index contributed by atoms with van der Waals surface area (Å²) in [6, 6.07) is 9.51. The van der Waals surface area contributed by atoms with E-state index in [2.05, 4.69) is 44.3 Å². The number of hydrogen-bond acceptors (Lipinski definition) is 6. The molecule has 4 heterocycles. The summed E-state index contributed by atoms with van der Waals surface area (Å²) in [6.07, 6.45) is 7.52. The number of aromatic hydroxyl groups is 1. The Balaban J connectivity index is 1.57. The fraction of sp³-hybridized carbons (Fsp3) is 0.344. The van der Waals surface area contributed by atoms with Gasteiger partial charge in [-0.25, -0.2) is 0 Å². The van der Waals surface area contributed by atoms with Gasteiger partial charge in [-0.15, -0.1) is 11.3 Å². The average Bonchev–Trinajstić information content (AvgIpc) is 3.27. The standard InChI is InChI=1S/C32H34N2O4S/c1-18-17-32(3,4)33-22-10-9-20-28(27(18)22)25(38-24-12-11-23(35)30(37-5)29(20)24)16-26-21(15-19(2)39-26)31(36)34-13-7-6-8-14-34/h9-12,15-17,33,35H,6-8,13-14H2,1-5H3. The van der Waals surface area contributed by atoms with Crippen molar-refractivity contribution < 1.29 is 19.4 Å². The minimum atomic E-state index is -0.197. The highest BCUT2D eigenvalue weighted by Crippen LogP contribution is 2.54. The Bertz CT molecular complexity index is 1560. The number of hydrogen-bond donors (Lipinski definition) is 2. The van der Waals surface area contributed by atoms with E-state index in [4.69, 9.17) is 9.47 Å². The SMILES string of the molecule is COc1c(O)ccc2c1-c1ccc3c(c1C(=Cc1sc(C)cc1C(=O)N1CCCCC1)O2)C(C)=CC(C)(C)N3. The zero-order valence-electron chi connectivity index (χ0n) is 23.1. The number of benzene rings is 2. The van der Waals surface area contributed by atoms with E-state index in [0.29, 0.717) is 17.3 Å². The molecule has 0 radical (unpaired) electrons. The summed E-state index contributed by atoms with van der Waals surface area (Å²) in [6.45, 7) is 10.1. The number of methoxy groups -OCH3 is 1. The van der Waals surface area contributed by atoms with Gasteiger partial charge in [-0.2, -0.15) is 0 Å². The Morgan fingerprint density at radius 2 is 1.87 bits per heavy atom. The first-order chi connectivity index (χ1) is 18.7. The number of likely N-dealkylation sites (tertiary alicyclic amines) is 1. The summed E-state index contributed by atoms with van der Waals surface area (Å²) >= 11 is 1.61. The fourth-order valence-corrected chi connectivity index (χ4v) is 7.09. The van der Waals surface area contributed by atoms with Crippen LogP contribution in [0.4, 0.5) is 5.69 Å². The van der Waals surface area contributed by atoms with Gasteiger partial charge < -0.3 is 24.8 Å². The Hall–Kier alpha value is -3.71. The Kier molecular flexibility index (Phi) is 6.22. The number of carbonyl (C=O) groups excluding carboxylic acids is 1. The number of phenolic OH excluding ortho intramolecular Hbond substituents is 1. The van der Waals surface area contributed by atoms with Gasteiger partial charge in [-0.3, -0.25) is 4.79 Å². The van der Waals surface area contributed by atoms with Gasteiger partial charge in [0, 0.05) is 45.2 Å². The van der Waals surface area contributed by atoms with E-state index in [1.807, 2.05) is 24.0 Å². The van der Waals surface area contributed by atoms with Gasteiger partial charge >= 0.3 is 0 Å². The molecule has 3 aliphatic rings. The molecular formula is C32H34N2O4S. The molecule has 0 bridgehead atoms. The molecule has 7 heteroatoms. The van der Waals surface area contributed by atoms with Gasteiger partial charge in [-0.1, -0.05) is 12.1 Å². The number of ether oxygens (including phenoxy) is 2. The summed E-state index contributed by atoms with van der Waals surface area (Å²) in [5.74, 6) is 1.80. The van der Waals surface area contributed by atoms with Crippen LogP contribution in [0.15, 0.2) is 36.4 Å². The number of fused-ring (bicyclic) bond motifs is 5. The van der Waals surface area contributed by atoms with Gasteiger partial charge in [0.15, 0.2) is 11.5 Å².